The van der Waals surface area contributed by atoms with Gasteiger partial charge in [-0.15, -0.1) is 0 Å². The predicted octanol–water partition coefficient (Wildman–Crippen LogP) is 5.15. The van der Waals surface area contributed by atoms with Crippen LogP contribution >= 0.6 is 15.9 Å². The summed E-state index contributed by atoms with van der Waals surface area (Å²) in [5.74, 6) is 1.98. The molecular formula is C28H34BrN7O4S. The van der Waals surface area contributed by atoms with Crippen molar-refractivity contribution in [2.75, 3.05) is 48.5 Å². The smallest absolute Gasteiger partial charge is 0.339 e. The van der Waals surface area contributed by atoms with Gasteiger partial charge in [-0.1, -0.05) is 17.7 Å². The molecule has 11 nitrogen and oxygen atoms in total. The molecule has 2 aromatic carbocycles. The molecule has 13 heteroatoms. The van der Waals surface area contributed by atoms with Crippen molar-refractivity contribution in [3.05, 3.63) is 52.0 Å². The van der Waals surface area contributed by atoms with Gasteiger partial charge >= 0.3 is 10.1 Å². The number of methoxy groups -OCH3 is 1. The predicted molar refractivity (Wildman–Crippen MR) is 163 cm³/mol. The molecule has 0 bridgehead atoms. The minimum absolute atomic E-state index is 0.0491. The fourth-order valence-corrected chi connectivity index (χ4v) is 6.40. The standard InChI is InChI=1S/C28H34BrN7O4S/c1-20-9-11-22(12-10-20)41(37,38)40-25-23(29)17-21(18-24(25)39-2)19-30-34-26-31-27(35-13-5-3-6-14-35)33-28(32-26)36-15-7-4-8-16-36/h9-12,17-19H,3-8,13-16H2,1-2H3,(H,31,32,33,34). The van der Waals surface area contributed by atoms with Gasteiger partial charge in [0.2, 0.25) is 17.8 Å². The largest absolute Gasteiger partial charge is 0.493 e. The van der Waals surface area contributed by atoms with Crippen LogP contribution in [0.15, 0.2) is 50.9 Å². The van der Waals surface area contributed by atoms with Gasteiger partial charge in [-0.05, 0) is 91.2 Å². The third kappa shape index (κ3) is 7.25. The number of aromatic nitrogens is 3. The number of benzene rings is 2. The molecule has 0 amide bonds. The van der Waals surface area contributed by atoms with Crippen molar-refractivity contribution in [1.82, 2.24) is 15.0 Å². The van der Waals surface area contributed by atoms with Crippen LogP contribution in [0.4, 0.5) is 17.8 Å². The van der Waals surface area contributed by atoms with Crippen molar-refractivity contribution in [3.63, 3.8) is 0 Å². The van der Waals surface area contributed by atoms with Crippen LogP contribution in [0.2, 0.25) is 0 Å². The molecule has 0 aliphatic carbocycles. The number of nitrogens with one attached hydrogen (secondary N) is 1. The highest BCUT2D eigenvalue weighted by atomic mass is 79.9. The zero-order valence-electron chi connectivity index (χ0n) is 23.2. The average Bonchev–Trinajstić information content (AvgIpc) is 2.99. The molecular weight excluding hydrogens is 610 g/mol. The molecule has 3 aromatic rings. The maximum absolute atomic E-state index is 12.9. The number of aryl methyl sites for hydroxylation is 1. The van der Waals surface area contributed by atoms with Crippen LogP contribution in [0.3, 0.4) is 0 Å². The molecule has 3 heterocycles. The zero-order chi connectivity index (χ0) is 28.8. The molecule has 0 atom stereocenters. The summed E-state index contributed by atoms with van der Waals surface area (Å²) in [6.45, 7) is 5.58. The van der Waals surface area contributed by atoms with E-state index in [1.165, 1.54) is 32.1 Å². The third-order valence-corrected chi connectivity index (χ3v) is 8.85. The Morgan fingerprint density at radius 1 is 0.902 bits per heavy atom. The first-order chi connectivity index (χ1) is 19.8. The van der Waals surface area contributed by atoms with E-state index in [9.17, 15) is 8.42 Å². The van der Waals surface area contributed by atoms with Crippen LogP contribution in [0.1, 0.15) is 49.7 Å². The second-order valence-corrected chi connectivity index (χ2v) is 12.5. The van der Waals surface area contributed by atoms with Gasteiger partial charge in [0.05, 0.1) is 17.8 Å². The summed E-state index contributed by atoms with van der Waals surface area (Å²) in [6, 6.07) is 9.78. The second kappa shape index (κ2) is 13.0. The maximum Gasteiger partial charge on any atom is 0.339 e. The second-order valence-electron chi connectivity index (χ2n) is 10.1. The molecule has 1 aromatic heterocycles. The number of halogens is 1. The lowest BCUT2D eigenvalue weighted by Gasteiger charge is -2.30. The van der Waals surface area contributed by atoms with Gasteiger partial charge in [0.1, 0.15) is 4.90 Å². The Kier molecular flexibility index (Phi) is 9.23. The highest BCUT2D eigenvalue weighted by molar-refractivity contribution is 9.10. The number of anilines is 3. The minimum atomic E-state index is -4.06. The van der Waals surface area contributed by atoms with Crippen LogP contribution in [0, 0.1) is 6.92 Å². The van der Waals surface area contributed by atoms with E-state index in [2.05, 4.69) is 46.2 Å². The van der Waals surface area contributed by atoms with E-state index < -0.39 is 10.1 Å². The third-order valence-electron chi connectivity index (χ3n) is 7.02. The van der Waals surface area contributed by atoms with Gasteiger partial charge in [-0.2, -0.15) is 28.5 Å². The number of hydrogen-bond acceptors (Lipinski definition) is 11. The summed E-state index contributed by atoms with van der Waals surface area (Å²) in [7, 11) is -2.62. The van der Waals surface area contributed by atoms with Crippen molar-refractivity contribution in [3.8, 4) is 11.5 Å². The normalized spacial score (nSPS) is 16.2. The molecule has 2 fully saturated rings. The fraction of sp³-hybridized carbons (Fsp3) is 0.429. The number of nitrogens with zero attached hydrogens (tertiary/aromatic N) is 6. The molecule has 5 rings (SSSR count). The van der Waals surface area contributed by atoms with Crippen LogP contribution in [0.5, 0.6) is 11.5 Å². The zero-order valence-corrected chi connectivity index (χ0v) is 25.6. The molecule has 0 unspecified atom stereocenters. The van der Waals surface area contributed by atoms with E-state index in [4.69, 9.17) is 13.9 Å². The average molecular weight is 645 g/mol. The van der Waals surface area contributed by atoms with Gasteiger partial charge in [-0.25, -0.2) is 5.43 Å². The topological polar surface area (TPSA) is 122 Å². The van der Waals surface area contributed by atoms with Gasteiger partial charge in [0, 0.05) is 26.2 Å². The Labute approximate surface area is 249 Å². The summed E-state index contributed by atoms with van der Waals surface area (Å²) in [5, 5.41) is 4.36. The van der Waals surface area contributed by atoms with Crippen molar-refractivity contribution in [2.45, 2.75) is 50.3 Å². The van der Waals surface area contributed by atoms with Crippen LogP contribution in [0.25, 0.3) is 0 Å². The lowest BCUT2D eigenvalue weighted by atomic mass is 10.1. The molecule has 218 valence electrons. The van der Waals surface area contributed by atoms with E-state index in [1.54, 1.807) is 30.5 Å². The number of hydrogen-bond donors (Lipinski definition) is 1. The van der Waals surface area contributed by atoms with Crippen LogP contribution < -0.4 is 24.1 Å². The Morgan fingerprint density at radius 3 is 2.05 bits per heavy atom. The molecule has 2 aliphatic heterocycles. The first-order valence-electron chi connectivity index (χ1n) is 13.8. The van der Waals surface area contributed by atoms with E-state index in [1.807, 2.05) is 6.92 Å². The number of rotatable bonds is 9. The lowest BCUT2D eigenvalue weighted by Crippen LogP contribution is -2.34. The highest BCUT2D eigenvalue weighted by Gasteiger charge is 2.23. The van der Waals surface area contributed by atoms with Gasteiger partial charge in [0.15, 0.2) is 11.5 Å². The molecule has 2 aliphatic rings. The van der Waals surface area contributed by atoms with Gasteiger partial charge in [-0.3, -0.25) is 0 Å². The fourth-order valence-electron chi connectivity index (χ4n) is 4.80. The summed E-state index contributed by atoms with van der Waals surface area (Å²) in [6.07, 6.45) is 8.50. The van der Waals surface area contributed by atoms with Crippen molar-refractivity contribution in [2.24, 2.45) is 5.10 Å². The summed E-state index contributed by atoms with van der Waals surface area (Å²) in [4.78, 5) is 18.6. The monoisotopic (exact) mass is 643 g/mol. The van der Waals surface area contributed by atoms with Crippen LogP contribution in [-0.2, 0) is 10.1 Å². The van der Waals surface area contributed by atoms with E-state index >= 15 is 0 Å². The first kappa shape index (κ1) is 29.1. The maximum atomic E-state index is 12.9. The van der Waals surface area contributed by atoms with Crippen molar-refractivity contribution >= 4 is 50.1 Å². The Bertz CT molecular complexity index is 1450. The summed E-state index contributed by atoms with van der Waals surface area (Å²) in [5.41, 5.74) is 4.55. The number of ether oxygens (including phenoxy) is 1. The van der Waals surface area contributed by atoms with E-state index in [0.717, 1.165) is 57.4 Å². The molecule has 0 saturated carbocycles. The van der Waals surface area contributed by atoms with Crippen LogP contribution in [-0.4, -0.2) is 62.9 Å². The lowest BCUT2D eigenvalue weighted by molar-refractivity contribution is 0.389. The number of piperidine rings is 2. The van der Waals surface area contributed by atoms with Crippen molar-refractivity contribution in [1.29, 1.82) is 0 Å². The summed E-state index contributed by atoms with van der Waals surface area (Å²) < 4.78 is 37.0. The number of hydrazone groups is 1. The van der Waals surface area contributed by atoms with E-state index in [-0.39, 0.29) is 16.4 Å². The quantitative estimate of drug-likeness (QED) is 0.190. The highest BCUT2D eigenvalue weighted by Crippen LogP contribution is 2.38. The first-order valence-corrected chi connectivity index (χ1v) is 16.0. The minimum Gasteiger partial charge on any atom is -0.493 e. The molecule has 0 spiro atoms. The molecule has 41 heavy (non-hydrogen) atoms. The van der Waals surface area contributed by atoms with Gasteiger partial charge < -0.3 is 18.7 Å². The summed E-state index contributed by atoms with van der Waals surface area (Å²) >= 11 is 3.42. The van der Waals surface area contributed by atoms with E-state index in [0.29, 0.717) is 27.9 Å². The Balaban J connectivity index is 1.35. The Morgan fingerprint density at radius 2 is 1.49 bits per heavy atom. The SMILES string of the molecule is COc1cc(C=NNc2nc(N3CCCCC3)nc(N3CCCCC3)n2)cc(Br)c1OS(=O)(=O)c1ccc(C)cc1. The molecule has 2 saturated heterocycles. The van der Waals surface area contributed by atoms with Gasteiger partial charge in [0.25, 0.3) is 0 Å². The Hall–Kier alpha value is -3.45. The molecule has 1 N–H and O–H groups in total. The molecule has 0 radical (unpaired) electrons. The van der Waals surface area contributed by atoms with Crippen molar-refractivity contribution < 1.29 is 17.3 Å².